The van der Waals surface area contributed by atoms with Crippen LogP contribution in [0.25, 0.3) is 0 Å². The van der Waals surface area contributed by atoms with Gasteiger partial charge in [-0.25, -0.2) is 0 Å². The monoisotopic (exact) mass is 512 g/mol. The molecule has 0 aromatic carbocycles. The van der Waals surface area contributed by atoms with E-state index in [9.17, 15) is 19.2 Å². The van der Waals surface area contributed by atoms with Crippen molar-refractivity contribution in [2.75, 3.05) is 0 Å². The molecule has 0 rings (SSSR count). The minimum atomic E-state index is -0.420. The molecule has 6 nitrogen and oxygen atoms in total. The Balaban J connectivity index is 0. The molecule has 0 aliphatic heterocycles. The third-order valence-corrected chi connectivity index (χ3v) is 6.00. The SMILES string of the molecule is CCCCCCCCCCCC(=O)OC(=O)CC.CCCCCCCCCCCC(=O)OC(=O)CC. The molecule has 0 atom stereocenters. The van der Waals surface area contributed by atoms with E-state index in [4.69, 9.17) is 0 Å². The summed E-state index contributed by atoms with van der Waals surface area (Å²) in [5.74, 6) is -1.58. The lowest BCUT2D eigenvalue weighted by molar-refractivity contribution is -0.161. The van der Waals surface area contributed by atoms with Gasteiger partial charge >= 0.3 is 23.9 Å². The van der Waals surface area contributed by atoms with E-state index in [2.05, 4.69) is 23.3 Å². The summed E-state index contributed by atoms with van der Waals surface area (Å²) in [7, 11) is 0. The molecule has 0 aromatic heterocycles. The van der Waals surface area contributed by atoms with Gasteiger partial charge in [-0.3, -0.25) is 19.2 Å². The minimum absolute atomic E-state index is 0.267. The summed E-state index contributed by atoms with van der Waals surface area (Å²) < 4.78 is 9.19. The molecular weight excluding hydrogens is 456 g/mol. The van der Waals surface area contributed by atoms with Crippen LogP contribution >= 0.6 is 0 Å². The van der Waals surface area contributed by atoms with E-state index < -0.39 is 11.9 Å². The number of rotatable bonds is 22. The molecule has 36 heavy (non-hydrogen) atoms. The fourth-order valence-corrected chi connectivity index (χ4v) is 3.66. The van der Waals surface area contributed by atoms with E-state index >= 15 is 0 Å². The van der Waals surface area contributed by atoms with E-state index in [0.29, 0.717) is 12.8 Å². The molecule has 0 saturated carbocycles. The summed E-state index contributed by atoms with van der Waals surface area (Å²) in [5, 5.41) is 0. The first kappa shape index (κ1) is 36.4. The molecule has 0 aromatic rings. The smallest absolute Gasteiger partial charge is 0.313 e. The van der Waals surface area contributed by atoms with Crippen LogP contribution in [0.2, 0.25) is 0 Å². The van der Waals surface area contributed by atoms with Crippen LogP contribution < -0.4 is 0 Å². The largest absolute Gasteiger partial charge is 0.393 e. The summed E-state index contributed by atoms with van der Waals surface area (Å²) in [6, 6.07) is 0. The molecule has 0 amide bonds. The molecule has 0 saturated heterocycles. The standard InChI is InChI=1S/2C15H28O3/c2*1-3-5-6-7-8-9-10-11-12-13-15(17)18-14(16)4-2/h2*3-13H2,1-2H3. The van der Waals surface area contributed by atoms with Crippen LogP contribution in [-0.2, 0) is 28.7 Å². The number of hydrogen-bond donors (Lipinski definition) is 0. The van der Waals surface area contributed by atoms with Crippen molar-refractivity contribution >= 4 is 23.9 Å². The second-order valence-corrected chi connectivity index (χ2v) is 9.56. The second kappa shape index (κ2) is 29.5. The fraction of sp³-hybridized carbons (Fsp3) is 0.867. The Kier molecular flexibility index (Phi) is 29.9. The topological polar surface area (TPSA) is 86.7 Å². The number of carbonyl (C=O) groups excluding carboxylic acids is 4. The summed E-state index contributed by atoms with van der Waals surface area (Å²) >= 11 is 0. The zero-order chi connectivity index (χ0) is 27.3. The normalized spacial score (nSPS) is 10.3. The number of ether oxygens (including phenoxy) is 2. The van der Waals surface area contributed by atoms with Crippen molar-refractivity contribution in [3.05, 3.63) is 0 Å². The first-order chi connectivity index (χ1) is 17.4. The Hall–Kier alpha value is -1.72. The summed E-state index contributed by atoms with van der Waals surface area (Å²) in [6.45, 7) is 7.83. The lowest BCUT2D eigenvalue weighted by Crippen LogP contribution is -2.10. The van der Waals surface area contributed by atoms with Crippen LogP contribution in [0.3, 0.4) is 0 Å². The summed E-state index contributed by atoms with van der Waals surface area (Å²) in [6.07, 6.45) is 23.2. The molecule has 0 spiro atoms. The second-order valence-electron chi connectivity index (χ2n) is 9.56. The fourth-order valence-electron chi connectivity index (χ4n) is 3.66. The molecular formula is C30H56O6. The minimum Gasteiger partial charge on any atom is -0.393 e. The van der Waals surface area contributed by atoms with Crippen molar-refractivity contribution in [2.45, 2.75) is 169 Å². The van der Waals surface area contributed by atoms with Crippen molar-refractivity contribution in [2.24, 2.45) is 0 Å². The molecule has 0 N–H and O–H groups in total. The van der Waals surface area contributed by atoms with Gasteiger partial charge in [0.1, 0.15) is 0 Å². The predicted molar refractivity (Wildman–Crippen MR) is 146 cm³/mol. The molecule has 0 fully saturated rings. The van der Waals surface area contributed by atoms with Crippen LogP contribution in [0.4, 0.5) is 0 Å². The number of carbonyl (C=O) groups is 4. The van der Waals surface area contributed by atoms with Gasteiger partial charge in [0, 0.05) is 25.7 Å². The number of hydrogen-bond acceptors (Lipinski definition) is 6. The Labute approximate surface area is 221 Å². The van der Waals surface area contributed by atoms with Gasteiger partial charge in [-0.05, 0) is 12.8 Å². The van der Waals surface area contributed by atoms with E-state index in [1.807, 2.05) is 0 Å². The van der Waals surface area contributed by atoms with Crippen molar-refractivity contribution in [1.29, 1.82) is 0 Å². The number of esters is 4. The third kappa shape index (κ3) is 30.3. The van der Waals surface area contributed by atoms with Crippen LogP contribution in [0, 0.1) is 0 Å². The molecule has 6 heteroatoms. The van der Waals surface area contributed by atoms with Gasteiger partial charge in [-0.2, -0.15) is 0 Å². The first-order valence-electron chi connectivity index (χ1n) is 14.9. The van der Waals surface area contributed by atoms with Crippen LogP contribution in [0.1, 0.15) is 169 Å². The van der Waals surface area contributed by atoms with Crippen molar-refractivity contribution in [1.82, 2.24) is 0 Å². The number of unbranched alkanes of at least 4 members (excludes halogenated alkanes) is 16. The molecule has 0 unspecified atom stereocenters. The van der Waals surface area contributed by atoms with Gasteiger partial charge in [-0.15, -0.1) is 0 Å². The van der Waals surface area contributed by atoms with Crippen molar-refractivity contribution in [3.8, 4) is 0 Å². The third-order valence-electron chi connectivity index (χ3n) is 6.00. The van der Waals surface area contributed by atoms with Crippen molar-refractivity contribution in [3.63, 3.8) is 0 Å². The highest BCUT2D eigenvalue weighted by atomic mass is 16.6. The van der Waals surface area contributed by atoms with Gasteiger partial charge in [-0.1, -0.05) is 130 Å². The van der Waals surface area contributed by atoms with Crippen LogP contribution in [0.5, 0.6) is 0 Å². The molecule has 0 aliphatic carbocycles. The molecule has 0 aliphatic rings. The predicted octanol–water partition coefficient (Wildman–Crippen LogP) is 8.77. The molecule has 0 heterocycles. The summed E-state index contributed by atoms with van der Waals surface area (Å²) in [4.78, 5) is 44.0. The van der Waals surface area contributed by atoms with Crippen LogP contribution in [-0.4, -0.2) is 23.9 Å². The van der Waals surface area contributed by atoms with E-state index in [1.165, 1.54) is 89.9 Å². The first-order valence-corrected chi connectivity index (χ1v) is 14.9. The van der Waals surface area contributed by atoms with E-state index in [1.54, 1.807) is 13.8 Å². The zero-order valence-corrected chi connectivity index (χ0v) is 24.0. The highest BCUT2D eigenvalue weighted by Crippen LogP contribution is 2.12. The average Bonchev–Trinajstić information content (AvgIpc) is 2.86. The lowest BCUT2D eigenvalue weighted by atomic mass is 10.1. The van der Waals surface area contributed by atoms with Gasteiger partial charge in [0.15, 0.2) is 0 Å². The zero-order valence-electron chi connectivity index (χ0n) is 24.0. The maximum absolute atomic E-state index is 11.2. The van der Waals surface area contributed by atoms with Gasteiger partial charge < -0.3 is 9.47 Å². The van der Waals surface area contributed by atoms with E-state index in [0.717, 1.165) is 25.7 Å². The average molecular weight is 513 g/mol. The Bertz CT molecular complexity index is 496. The lowest BCUT2D eigenvalue weighted by Gasteiger charge is -2.02. The molecule has 212 valence electrons. The summed E-state index contributed by atoms with van der Waals surface area (Å²) in [5.41, 5.74) is 0. The van der Waals surface area contributed by atoms with Gasteiger partial charge in [0.05, 0.1) is 0 Å². The Morgan fingerprint density at radius 2 is 0.611 bits per heavy atom. The molecule has 0 radical (unpaired) electrons. The molecule has 0 bridgehead atoms. The van der Waals surface area contributed by atoms with Gasteiger partial charge in [0.25, 0.3) is 0 Å². The highest BCUT2D eigenvalue weighted by Gasteiger charge is 2.08. The van der Waals surface area contributed by atoms with Gasteiger partial charge in [0.2, 0.25) is 0 Å². The maximum Gasteiger partial charge on any atom is 0.313 e. The Morgan fingerprint density at radius 1 is 0.361 bits per heavy atom. The van der Waals surface area contributed by atoms with Crippen molar-refractivity contribution < 1.29 is 28.7 Å². The Morgan fingerprint density at radius 3 is 0.861 bits per heavy atom. The maximum atomic E-state index is 11.2. The highest BCUT2D eigenvalue weighted by molar-refractivity contribution is 5.85. The van der Waals surface area contributed by atoms with E-state index in [-0.39, 0.29) is 24.8 Å². The quantitative estimate of drug-likeness (QED) is 0.0818. The van der Waals surface area contributed by atoms with Crippen LogP contribution in [0.15, 0.2) is 0 Å².